The van der Waals surface area contributed by atoms with E-state index in [4.69, 9.17) is 8.94 Å². The first-order valence-electron chi connectivity index (χ1n) is 7.65. The molecule has 0 spiro atoms. The topological polar surface area (TPSA) is 74.1 Å². The van der Waals surface area contributed by atoms with Crippen molar-refractivity contribution in [1.82, 2.24) is 14.7 Å². The van der Waals surface area contributed by atoms with Gasteiger partial charge in [0.05, 0.1) is 18.5 Å². The van der Waals surface area contributed by atoms with Gasteiger partial charge in [-0.2, -0.15) is 4.98 Å². The van der Waals surface area contributed by atoms with Crippen molar-refractivity contribution in [2.24, 2.45) is 0 Å². The summed E-state index contributed by atoms with van der Waals surface area (Å²) in [4.78, 5) is 16.4. The van der Waals surface area contributed by atoms with Gasteiger partial charge in [-0.15, -0.1) is 0 Å². The summed E-state index contributed by atoms with van der Waals surface area (Å²) in [6, 6.07) is 15.3. The standard InChI is InChI=1S/C18H15N3O3/c1-12-6-2-3-7-13(12)10-17-19-16(20-24-17)11-21-14-8-4-5-9-15(14)23-18(21)22/h2-9H,10-11H2,1H3. The van der Waals surface area contributed by atoms with Crippen molar-refractivity contribution in [3.63, 3.8) is 0 Å². The van der Waals surface area contributed by atoms with Gasteiger partial charge in [0.15, 0.2) is 11.4 Å². The molecule has 2 aromatic heterocycles. The number of hydrogen-bond acceptors (Lipinski definition) is 5. The predicted octanol–water partition coefficient (Wildman–Crippen LogP) is 2.93. The Balaban J connectivity index is 1.60. The average molecular weight is 321 g/mol. The summed E-state index contributed by atoms with van der Waals surface area (Å²) >= 11 is 0. The zero-order valence-electron chi connectivity index (χ0n) is 13.1. The smallest absolute Gasteiger partial charge is 0.408 e. The van der Waals surface area contributed by atoms with Gasteiger partial charge in [-0.3, -0.25) is 4.57 Å². The van der Waals surface area contributed by atoms with Crippen molar-refractivity contribution in [3.05, 3.63) is 81.9 Å². The van der Waals surface area contributed by atoms with Crippen molar-refractivity contribution in [1.29, 1.82) is 0 Å². The normalized spacial score (nSPS) is 11.2. The molecule has 0 fully saturated rings. The molecule has 0 aliphatic rings. The van der Waals surface area contributed by atoms with Crippen LogP contribution in [0.15, 0.2) is 62.3 Å². The molecule has 0 aliphatic carbocycles. The maximum Gasteiger partial charge on any atom is 0.420 e. The van der Waals surface area contributed by atoms with Gasteiger partial charge >= 0.3 is 5.76 Å². The van der Waals surface area contributed by atoms with E-state index in [0.717, 1.165) is 5.56 Å². The number of para-hydroxylation sites is 2. The summed E-state index contributed by atoms with van der Waals surface area (Å²) in [5.74, 6) is 0.550. The molecule has 0 saturated carbocycles. The van der Waals surface area contributed by atoms with Gasteiger partial charge < -0.3 is 8.94 Å². The summed E-state index contributed by atoms with van der Waals surface area (Å²) in [6.45, 7) is 2.26. The third-order valence-electron chi connectivity index (χ3n) is 3.99. The quantitative estimate of drug-likeness (QED) is 0.578. The van der Waals surface area contributed by atoms with Crippen LogP contribution in [0.1, 0.15) is 22.8 Å². The van der Waals surface area contributed by atoms with Crippen LogP contribution in [-0.4, -0.2) is 14.7 Å². The van der Waals surface area contributed by atoms with E-state index in [0.29, 0.717) is 29.2 Å². The molecule has 0 amide bonds. The minimum Gasteiger partial charge on any atom is -0.408 e. The number of fused-ring (bicyclic) bond motifs is 1. The highest BCUT2D eigenvalue weighted by Gasteiger charge is 2.13. The van der Waals surface area contributed by atoms with Gasteiger partial charge in [0, 0.05) is 0 Å². The zero-order chi connectivity index (χ0) is 16.5. The predicted molar refractivity (Wildman–Crippen MR) is 87.9 cm³/mol. The molecule has 120 valence electrons. The zero-order valence-corrected chi connectivity index (χ0v) is 13.1. The Morgan fingerprint density at radius 2 is 1.88 bits per heavy atom. The Labute approximate surface area is 137 Å². The van der Waals surface area contributed by atoms with E-state index in [1.165, 1.54) is 10.1 Å². The van der Waals surface area contributed by atoms with Gasteiger partial charge in [-0.05, 0) is 30.2 Å². The summed E-state index contributed by atoms with van der Waals surface area (Å²) in [6.07, 6.45) is 0.570. The molecule has 2 heterocycles. The molecule has 2 aromatic carbocycles. The van der Waals surface area contributed by atoms with Crippen molar-refractivity contribution >= 4 is 11.1 Å². The van der Waals surface area contributed by atoms with Crippen molar-refractivity contribution < 1.29 is 8.94 Å². The summed E-state index contributed by atoms with van der Waals surface area (Å²) in [5, 5.41) is 3.98. The molecule has 4 rings (SSSR count). The first-order chi connectivity index (χ1) is 11.7. The van der Waals surface area contributed by atoms with Crippen LogP contribution < -0.4 is 5.76 Å². The lowest BCUT2D eigenvalue weighted by atomic mass is 10.1. The van der Waals surface area contributed by atoms with Gasteiger partial charge in [-0.25, -0.2) is 4.79 Å². The molecule has 0 unspecified atom stereocenters. The van der Waals surface area contributed by atoms with Crippen LogP contribution in [0, 0.1) is 6.92 Å². The van der Waals surface area contributed by atoms with Crippen LogP contribution in [0.4, 0.5) is 0 Å². The number of aromatic nitrogens is 3. The average Bonchev–Trinajstić information content (AvgIpc) is 3.15. The highest BCUT2D eigenvalue weighted by atomic mass is 16.5. The molecule has 0 N–H and O–H groups in total. The number of nitrogens with zero attached hydrogens (tertiary/aromatic N) is 3. The first kappa shape index (κ1) is 14.4. The van der Waals surface area contributed by atoms with E-state index in [1.807, 2.05) is 49.4 Å². The highest BCUT2D eigenvalue weighted by molar-refractivity contribution is 5.72. The van der Waals surface area contributed by atoms with Crippen LogP contribution in [-0.2, 0) is 13.0 Å². The van der Waals surface area contributed by atoms with Crippen LogP contribution in [0.3, 0.4) is 0 Å². The van der Waals surface area contributed by atoms with E-state index < -0.39 is 5.76 Å². The fraction of sp³-hybridized carbons (Fsp3) is 0.167. The van der Waals surface area contributed by atoms with Crippen LogP contribution in [0.5, 0.6) is 0 Å². The second-order valence-electron chi connectivity index (χ2n) is 5.63. The SMILES string of the molecule is Cc1ccccc1Cc1nc(Cn2c(=O)oc3ccccc32)no1. The summed E-state index contributed by atoms with van der Waals surface area (Å²) in [5.41, 5.74) is 3.58. The van der Waals surface area contributed by atoms with Crippen LogP contribution >= 0.6 is 0 Å². The minimum atomic E-state index is -0.429. The lowest BCUT2D eigenvalue weighted by Crippen LogP contribution is -2.15. The maximum absolute atomic E-state index is 12.0. The molecule has 0 atom stereocenters. The van der Waals surface area contributed by atoms with Crippen LogP contribution in [0.25, 0.3) is 11.1 Å². The largest absolute Gasteiger partial charge is 0.420 e. The maximum atomic E-state index is 12.0. The Morgan fingerprint density at radius 1 is 1.08 bits per heavy atom. The van der Waals surface area contributed by atoms with Gasteiger partial charge in [0.2, 0.25) is 5.89 Å². The van der Waals surface area contributed by atoms with E-state index in [9.17, 15) is 4.79 Å². The molecule has 4 aromatic rings. The van der Waals surface area contributed by atoms with E-state index in [2.05, 4.69) is 10.1 Å². The molecular weight excluding hydrogens is 306 g/mol. The Morgan fingerprint density at radius 3 is 2.75 bits per heavy atom. The molecule has 0 aliphatic heterocycles. The Bertz CT molecular complexity index is 1060. The van der Waals surface area contributed by atoms with Crippen molar-refractivity contribution in [2.75, 3.05) is 0 Å². The molecule has 0 bridgehead atoms. The first-order valence-corrected chi connectivity index (χ1v) is 7.65. The second-order valence-corrected chi connectivity index (χ2v) is 5.63. The molecule has 24 heavy (non-hydrogen) atoms. The molecule has 0 saturated heterocycles. The molecule has 6 heteroatoms. The number of hydrogen-bond donors (Lipinski definition) is 0. The van der Waals surface area contributed by atoms with Gasteiger partial charge in [0.1, 0.15) is 0 Å². The number of rotatable bonds is 4. The van der Waals surface area contributed by atoms with Gasteiger partial charge in [-0.1, -0.05) is 41.6 Å². The third-order valence-corrected chi connectivity index (χ3v) is 3.99. The molecule has 0 radical (unpaired) electrons. The Kier molecular flexibility index (Phi) is 3.49. The number of aryl methyl sites for hydroxylation is 1. The lowest BCUT2D eigenvalue weighted by molar-refractivity contribution is 0.377. The summed E-state index contributed by atoms with van der Waals surface area (Å²) in [7, 11) is 0. The van der Waals surface area contributed by atoms with E-state index in [-0.39, 0.29) is 6.54 Å². The van der Waals surface area contributed by atoms with Crippen molar-refractivity contribution in [3.8, 4) is 0 Å². The fourth-order valence-electron chi connectivity index (χ4n) is 2.70. The third kappa shape index (κ3) is 2.62. The second kappa shape index (κ2) is 5.81. The molecular formula is C18H15N3O3. The molecule has 6 nitrogen and oxygen atoms in total. The highest BCUT2D eigenvalue weighted by Crippen LogP contribution is 2.15. The minimum absolute atomic E-state index is 0.215. The van der Waals surface area contributed by atoms with Crippen molar-refractivity contribution in [2.45, 2.75) is 19.9 Å². The van der Waals surface area contributed by atoms with E-state index >= 15 is 0 Å². The number of benzene rings is 2. The monoisotopic (exact) mass is 321 g/mol. The van der Waals surface area contributed by atoms with Crippen LogP contribution in [0.2, 0.25) is 0 Å². The lowest BCUT2D eigenvalue weighted by Gasteiger charge is -2.00. The number of oxazole rings is 1. The fourth-order valence-corrected chi connectivity index (χ4v) is 2.70. The van der Waals surface area contributed by atoms with E-state index in [1.54, 1.807) is 6.07 Å². The Hall–Kier alpha value is -3.15. The van der Waals surface area contributed by atoms with Gasteiger partial charge in [0.25, 0.3) is 0 Å². The summed E-state index contributed by atoms with van der Waals surface area (Å²) < 4.78 is 12.0.